The molecule has 9 nitrogen and oxygen atoms in total. The summed E-state index contributed by atoms with van der Waals surface area (Å²) in [5.41, 5.74) is 4.96. The van der Waals surface area contributed by atoms with Crippen molar-refractivity contribution in [3.8, 4) is 11.1 Å². The maximum Gasteiger partial charge on any atom is 0.255 e. The third-order valence-corrected chi connectivity index (χ3v) is 6.87. The van der Waals surface area contributed by atoms with Crippen molar-refractivity contribution in [1.82, 2.24) is 29.6 Å². The number of nitrogens with one attached hydrogen (secondary N) is 2. The highest BCUT2D eigenvalue weighted by atomic mass is 31.0. The topological polar surface area (TPSA) is 95.0 Å². The molecule has 1 unspecified atom stereocenters. The summed E-state index contributed by atoms with van der Waals surface area (Å²) in [5, 5.41) is 10.4. The number of fused-ring (bicyclic) bond motifs is 1. The molecule has 10 heteroatoms. The number of aromatic amines is 1. The Balaban J connectivity index is 1.13. The van der Waals surface area contributed by atoms with Crippen LogP contribution in [-0.4, -0.2) is 60.3 Å². The molecule has 2 aliphatic heterocycles. The highest BCUT2D eigenvalue weighted by Crippen LogP contribution is 2.31. The minimum Gasteiger partial charge on any atom is -0.347 e. The van der Waals surface area contributed by atoms with E-state index in [2.05, 4.69) is 46.1 Å². The molecule has 0 aliphatic carbocycles. The van der Waals surface area contributed by atoms with Crippen molar-refractivity contribution >= 4 is 32.6 Å². The number of rotatable bonds is 5. The summed E-state index contributed by atoms with van der Waals surface area (Å²) in [6.45, 7) is 5.96. The van der Waals surface area contributed by atoms with Gasteiger partial charge in [-0.1, -0.05) is 19.1 Å². The van der Waals surface area contributed by atoms with Gasteiger partial charge in [-0.15, -0.1) is 9.24 Å². The summed E-state index contributed by atoms with van der Waals surface area (Å²) in [5.74, 6) is 1.52. The molecule has 1 atom stereocenters. The van der Waals surface area contributed by atoms with Crippen LogP contribution in [0.2, 0.25) is 0 Å². The van der Waals surface area contributed by atoms with Crippen molar-refractivity contribution in [3.05, 3.63) is 72.4 Å². The normalized spacial score (nSPS) is 16.5. The summed E-state index contributed by atoms with van der Waals surface area (Å²) < 4.78 is 2.17. The van der Waals surface area contributed by atoms with E-state index in [1.54, 1.807) is 12.4 Å². The van der Waals surface area contributed by atoms with Gasteiger partial charge in [0.05, 0.1) is 18.3 Å². The Morgan fingerprint density at radius 2 is 1.97 bits per heavy atom. The first kappa shape index (κ1) is 21.8. The summed E-state index contributed by atoms with van der Waals surface area (Å²) in [6, 6.07) is 12.0. The molecule has 0 radical (unpaired) electrons. The number of carbonyl (C=O) groups excluding carboxylic acids is 1. The van der Waals surface area contributed by atoms with Gasteiger partial charge in [0.25, 0.3) is 5.91 Å². The lowest BCUT2D eigenvalue weighted by Crippen LogP contribution is -2.58. The van der Waals surface area contributed by atoms with Gasteiger partial charge in [-0.25, -0.2) is 4.98 Å². The third kappa shape index (κ3) is 4.39. The van der Waals surface area contributed by atoms with Crippen LogP contribution < -0.4 is 10.2 Å². The van der Waals surface area contributed by atoms with Crippen LogP contribution in [0, 0.1) is 0 Å². The molecular formula is C25H27N8OP. The second kappa shape index (κ2) is 8.50. The standard InChI is InChI=1S/C25H27N8OP/c1-25(35)15-33(16-25)23(34)18-10-21-14-32(9-8-31(21)13-18)24-26-7-6-22(30-24)29-20-4-2-17(3-5-20)19-11-27-28-12-19/h2-7,10-13H,8-9,14-16,35H2,1H3,(H,27,28)(H,26,29,30). The zero-order valence-electron chi connectivity index (χ0n) is 19.5. The Hall–Kier alpha value is -3.71. The van der Waals surface area contributed by atoms with Gasteiger partial charge in [0.1, 0.15) is 5.82 Å². The number of benzene rings is 1. The number of carbonyl (C=O) groups is 1. The van der Waals surface area contributed by atoms with E-state index >= 15 is 0 Å². The van der Waals surface area contributed by atoms with Gasteiger partial charge in [-0.2, -0.15) is 10.1 Å². The average Bonchev–Trinajstić information content (AvgIpc) is 3.52. The zero-order chi connectivity index (χ0) is 24.0. The summed E-state index contributed by atoms with van der Waals surface area (Å²) >= 11 is 0. The summed E-state index contributed by atoms with van der Waals surface area (Å²) in [7, 11) is 2.84. The second-order valence-corrected chi connectivity index (χ2v) is 11.0. The van der Waals surface area contributed by atoms with Gasteiger partial charge in [-0.3, -0.25) is 9.89 Å². The molecule has 1 amide bonds. The molecule has 35 heavy (non-hydrogen) atoms. The van der Waals surface area contributed by atoms with Gasteiger partial charge < -0.3 is 19.7 Å². The molecular weight excluding hydrogens is 459 g/mol. The molecule has 4 aromatic rings. The number of amides is 1. The predicted octanol–water partition coefficient (Wildman–Crippen LogP) is 3.52. The minimum absolute atomic E-state index is 0.111. The molecule has 1 fully saturated rings. The Morgan fingerprint density at radius 1 is 1.14 bits per heavy atom. The van der Waals surface area contributed by atoms with Crippen molar-refractivity contribution in [2.24, 2.45) is 0 Å². The van der Waals surface area contributed by atoms with Crippen molar-refractivity contribution in [3.63, 3.8) is 0 Å². The van der Waals surface area contributed by atoms with Gasteiger partial charge in [-0.05, 0) is 29.8 Å². The van der Waals surface area contributed by atoms with Gasteiger partial charge in [0, 0.05) is 66.9 Å². The van der Waals surface area contributed by atoms with Crippen LogP contribution >= 0.6 is 9.24 Å². The van der Waals surface area contributed by atoms with Crippen LogP contribution in [0.3, 0.4) is 0 Å². The molecule has 0 spiro atoms. The van der Waals surface area contributed by atoms with Crippen LogP contribution in [0.15, 0.2) is 61.2 Å². The Bertz CT molecular complexity index is 1350. The number of H-pyrrole nitrogens is 1. The Morgan fingerprint density at radius 3 is 2.71 bits per heavy atom. The predicted molar refractivity (Wildman–Crippen MR) is 139 cm³/mol. The van der Waals surface area contributed by atoms with E-state index in [-0.39, 0.29) is 11.1 Å². The SMILES string of the molecule is CC1(P)CN(C(=O)c2cc3n(c2)CCN(c2nccc(Nc4ccc(-c5cn[nH]c5)cc4)n2)C3)C1. The van der Waals surface area contributed by atoms with Crippen molar-refractivity contribution < 1.29 is 4.79 Å². The molecule has 6 rings (SSSR count). The lowest BCUT2D eigenvalue weighted by atomic mass is 10.0. The van der Waals surface area contributed by atoms with E-state index in [0.717, 1.165) is 60.1 Å². The Kier molecular flexibility index (Phi) is 5.29. The van der Waals surface area contributed by atoms with Crippen LogP contribution in [0.25, 0.3) is 11.1 Å². The largest absolute Gasteiger partial charge is 0.347 e. The van der Waals surface area contributed by atoms with E-state index in [1.165, 1.54) is 0 Å². The highest BCUT2D eigenvalue weighted by molar-refractivity contribution is 7.19. The van der Waals surface area contributed by atoms with Crippen molar-refractivity contribution in [2.75, 3.05) is 29.9 Å². The number of aromatic nitrogens is 5. The van der Waals surface area contributed by atoms with E-state index in [0.29, 0.717) is 12.5 Å². The van der Waals surface area contributed by atoms with Crippen LogP contribution in [0.4, 0.5) is 17.5 Å². The number of nitrogens with zero attached hydrogens (tertiary/aromatic N) is 6. The molecule has 2 aliphatic rings. The number of likely N-dealkylation sites (tertiary alicyclic amines) is 1. The number of hydrogen-bond donors (Lipinski definition) is 2. The highest BCUT2D eigenvalue weighted by Gasteiger charge is 2.38. The monoisotopic (exact) mass is 486 g/mol. The molecule has 0 saturated carbocycles. The fourth-order valence-corrected chi connectivity index (χ4v) is 5.15. The van der Waals surface area contributed by atoms with Crippen LogP contribution in [0.5, 0.6) is 0 Å². The van der Waals surface area contributed by atoms with E-state index < -0.39 is 0 Å². The van der Waals surface area contributed by atoms with E-state index in [9.17, 15) is 4.79 Å². The first-order chi connectivity index (χ1) is 16.9. The molecule has 1 saturated heterocycles. The third-order valence-electron chi connectivity index (χ3n) is 6.50. The lowest BCUT2D eigenvalue weighted by Gasteiger charge is -2.45. The van der Waals surface area contributed by atoms with E-state index in [1.807, 2.05) is 53.7 Å². The lowest BCUT2D eigenvalue weighted by molar-refractivity contribution is 0.0582. The fourth-order valence-electron chi connectivity index (χ4n) is 4.71. The maximum absolute atomic E-state index is 12.8. The molecule has 3 aromatic heterocycles. The van der Waals surface area contributed by atoms with Crippen molar-refractivity contribution in [1.29, 1.82) is 0 Å². The summed E-state index contributed by atoms with van der Waals surface area (Å²) in [6.07, 6.45) is 7.44. The first-order valence-corrected chi connectivity index (χ1v) is 12.2. The molecule has 178 valence electrons. The van der Waals surface area contributed by atoms with Gasteiger partial charge >= 0.3 is 0 Å². The fraction of sp³-hybridized carbons (Fsp3) is 0.280. The Labute approximate surface area is 205 Å². The molecule has 1 aromatic carbocycles. The smallest absolute Gasteiger partial charge is 0.255 e. The molecule has 2 N–H and O–H groups in total. The second-order valence-electron chi connectivity index (χ2n) is 9.58. The molecule has 0 bridgehead atoms. The minimum atomic E-state index is 0.111. The molecule has 5 heterocycles. The van der Waals surface area contributed by atoms with Gasteiger partial charge in [0.2, 0.25) is 5.95 Å². The average molecular weight is 487 g/mol. The van der Waals surface area contributed by atoms with Crippen LogP contribution in [0.1, 0.15) is 23.0 Å². The zero-order valence-corrected chi connectivity index (χ0v) is 20.6. The number of anilines is 3. The number of hydrogen-bond acceptors (Lipinski definition) is 6. The summed E-state index contributed by atoms with van der Waals surface area (Å²) in [4.78, 5) is 26.2. The van der Waals surface area contributed by atoms with E-state index in [4.69, 9.17) is 4.98 Å². The first-order valence-electron chi connectivity index (χ1n) is 11.6. The quantitative estimate of drug-likeness (QED) is 0.419. The maximum atomic E-state index is 12.8. The van der Waals surface area contributed by atoms with Crippen molar-refractivity contribution in [2.45, 2.75) is 25.2 Å². The van der Waals surface area contributed by atoms with Gasteiger partial charge in [0.15, 0.2) is 0 Å². The van der Waals surface area contributed by atoms with Crippen LogP contribution in [-0.2, 0) is 13.1 Å².